The zero-order valence-electron chi connectivity index (χ0n) is 11.7. The van der Waals surface area contributed by atoms with E-state index in [0.717, 1.165) is 4.90 Å². The molecule has 2 aromatic rings. The van der Waals surface area contributed by atoms with Crippen LogP contribution in [-0.4, -0.2) is 17.3 Å². The molecule has 0 fully saturated rings. The summed E-state index contributed by atoms with van der Waals surface area (Å²) in [6.45, 7) is 4.84. The van der Waals surface area contributed by atoms with E-state index >= 15 is 0 Å². The Hall–Kier alpha value is -1.46. The molecule has 0 spiro atoms. The Kier molecular flexibility index (Phi) is 4.73. The first-order valence-corrected chi connectivity index (χ1v) is 8.27. The van der Waals surface area contributed by atoms with Crippen LogP contribution in [0.3, 0.4) is 0 Å². The molecule has 1 aromatic carbocycles. The maximum Gasteiger partial charge on any atom is 0.338 e. The zero-order valence-corrected chi connectivity index (χ0v) is 13.3. The highest BCUT2D eigenvalue weighted by atomic mass is 32.2. The average Bonchev–Trinajstić information content (AvgIpc) is 2.74. The summed E-state index contributed by atoms with van der Waals surface area (Å²) in [7, 11) is 0. The molecule has 0 unspecified atom stereocenters. The number of nitrogens with one attached hydrogen (secondary N) is 1. The summed E-state index contributed by atoms with van der Waals surface area (Å²) in [6, 6.07) is 7.67. The van der Waals surface area contributed by atoms with Gasteiger partial charge in [-0.3, -0.25) is 0 Å². The average molecular weight is 307 g/mol. The van der Waals surface area contributed by atoms with E-state index in [4.69, 9.17) is 0 Å². The molecule has 20 heavy (non-hydrogen) atoms. The molecule has 0 saturated heterocycles. The first-order chi connectivity index (χ1) is 9.52. The van der Waals surface area contributed by atoms with Crippen LogP contribution in [-0.2, 0) is 6.54 Å². The Bertz CT molecular complexity index is 615. The number of rotatable bonds is 5. The van der Waals surface area contributed by atoms with Crippen molar-refractivity contribution in [3.63, 3.8) is 0 Å². The van der Waals surface area contributed by atoms with E-state index in [1.165, 1.54) is 27.1 Å². The van der Waals surface area contributed by atoms with Crippen molar-refractivity contribution in [1.82, 2.24) is 0 Å². The van der Waals surface area contributed by atoms with Crippen LogP contribution in [0, 0.1) is 13.8 Å². The molecule has 0 aliphatic carbocycles. The zero-order chi connectivity index (χ0) is 14.7. The molecule has 5 heteroatoms. The number of benzene rings is 1. The lowest BCUT2D eigenvalue weighted by Gasteiger charge is -2.11. The SMILES string of the molecule is CSc1cccc(NCc2cc(C)c(C)s2)c1C(=O)O. The number of hydrogen-bond donors (Lipinski definition) is 2. The summed E-state index contributed by atoms with van der Waals surface area (Å²) in [5, 5.41) is 12.6. The van der Waals surface area contributed by atoms with Gasteiger partial charge in [-0.15, -0.1) is 23.1 Å². The fraction of sp³-hybridized carbons (Fsp3) is 0.267. The summed E-state index contributed by atoms with van der Waals surface area (Å²) >= 11 is 3.19. The minimum Gasteiger partial charge on any atom is -0.478 e. The second-order valence-corrected chi connectivity index (χ2v) is 6.68. The molecule has 0 radical (unpaired) electrons. The van der Waals surface area contributed by atoms with Crippen molar-refractivity contribution in [2.24, 2.45) is 0 Å². The minimum absolute atomic E-state index is 0.352. The van der Waals surface area contributed by atoms with E-state index in [0.29, 0.717) is 17.8 Å². The quantitative estimate of drug-likeness (QED) is 0.804. The van der Waals surface area contributed by atoms with Crippen LogP contribution in [0.25, 0.3) is 0 Å². The van der Waals surface area contributed by atoms with Gasteiger partial charge in [0.25, 0.3) is 0 Å². The molecule has 0 saturated carbocycles. The van der Waals surface area contributed by atoms with Crippen molar-refractivity contribution < 1.29 is 9.90 Å². The van der Waals surface area contributed by atoms with Crippen LogP contribution in [0.5, 0.6) is 0 Å². The Morgan fingerprint density at radius 2 is 2.15 bits per heavy atom. The van der Waals surface area contributed by atoms with Gasteiger partial charge in [0.05, 0.1) is 11.3 Å². The lowest BCUT2D eigenvalue weighted by molar-refractivity contribution is 0.0694. The Morgan fingerprint density at radius 1 is 1.40 bits per heavy atom. The van der Waals surface area contributed by atoms with Crippen molar-refractivity contribution in [2.75, 3.05) is 11.6 Å². The third-order valence-electron chi connectivity index (χ3n) is 3.13. The third-order valence-corrected chi connectivity index (χ3v) is 5.06. The third kappa shape index (κ3) is 3.16. The summed E-state index contributed by atoms with van der Waals surface area (Å²) in [4.78, 5) is 14.7. The maximum atomic E-state index is 11.4. The van der Waals surface area contributed by atoms with Crippen molar-refractivity contribution in [2.45, 2.75) is 25.3 Å². The predicted molar refractivity (Wildman–Crippen MR) is 86.3 cm³/mol. The summed E-state index contributed by atoms with van der Waals surface area (Å²) in [5.74, 6) is -0.893. The number of carbonyl (C=O) groups is 1. The van der Waals surface area contributed by atoms with Crippen molar-refractivity contribution in [3.05, 3.63) is 45.1 Å². The highest BCUT2D eigenvalue weighted by Gasteiger charge is 2.15. The molecule has 0 aliphatic heterocycles. The second-order valence-electron chi connectivity index (χ2n) is 4.49. The Balaban J connectivity index is 2.23. The predicted octanol–water partition coefficient (Wildman–Crippen LogP) is 4.40. The smallest absolute Gasteiger partial charge is 0.338 e. The number of thiophene rings is 1. The van der Waals surface area contributed by atoms with Crippen LogP contribution in [0.4, 0.5) is 5.69 Å². The van der Waals surface area contributed by atoms with E-state index in [-0.39, 0.29) is 0 Å². The lowest BCUT2D eigenvalue weighted by Crippen LogP contribution is -2.07. The Morgan fingerprint density at radius 3 is 2.70 bits per heavy atom. The van der Waals surface area contributed by atoms with Gasteiger partial charge in [-0.05, 0) is 43.9 Å². The number of thioether (sulfide) groups is 1. The number of anilines is 1. The number of aromatic carboxylic acids is 1. The number of carboxylic acid groups (broad SMARTS) is 1. The molecular weight excluding hydrogens is 290 g/mol. The fourth-order valence-electron chi connectivity index (χ4n) is 1.99. The molecule has 1 aromatic heterocycles. The van der Waals surface area contributed by atoms with E-state index in [9.17, 15) is 9.90 Å². The summed E-state index contributed by atoms with van der Waals surface area (Å²) in [6.07, 6.45) is 1.89. The van der Waals surface area contributed by atoms with Crippen LogP contribution < -0.4 is 5.32 Å². The normalized spacial score (nSPS) is 10.6. The van der Waals surface area contributed by atoms with Gasteiger partial charge >= 0.3 is 5.97 Å². The van der Waals surface area contributed by atoms with Crippen molar-refractivity contribution in [1.29, 1.82) is 0 Å². The summed E-state index contributed by atoms with van der Waals surface area (Å²) < 4.78 is 0. The van der Waals surface area contributed by atoms with Gasteiger partial charge in [0.15, 0.2) is 0 Å². The molecule has 3 nitrogen and oxygen atoms in total. The van der Waals surface area contributed by atoms with E-state index < -0.39 is 5.97 Å². The number of carboxylic acids is 1. The second kappa shape index (κ2) is 6.33. The lowest BCUT2D eigenvalue weighted by atomic mass is 10.1. The largest absolute Gasteiger partial charge is 0.478 e. The molecule has 2 N–H and O–H groups in total. The van der Waals surface area contributed by atoms with Crippen LogP contribution in [0.1, 0.15) is 25.7 Å². The van der Waals surface area contributed by atoms with Gasteiger partial charge in [0.1, 0.15) is 0 Å². The molecule has 0 bridgehead atoms. The van der Waals surface area contributed by atoms with E-state index in [2.05, 4.69) is 25.2 Å². The monoisotopic (exact) mass is 307 g/mol. The highest BCUT2D eigenvalue weighted by molar-refractivity contribution is 7.98. The topological polar surface area (TPSA) is 49.3 Å². The van der Waals surface area contributed by atoms with Gasteiger partial charge < -0.3 is 10.4 Å². The van der Waals surface area contributed by atoms with Gasteiger partial charge in [-0.1, -0.05) is 6.07 Å². The molecule has 0 aliphatic rings. The highest BCUT2D eigenvalue weighted by Crippen LogP contribution is 2.28. The van der Waals surface area contributed by atoms with Gasteiger partial charge in [-0.2, -0.15) is 0 Å². The molecule has 0 amide bonds. The first-order valence-electron chi connectivity index (χ1n) is 6.23. The first kappa shape index (κ1) is 14.9. The fourth-order valence-corrected chi connectivity index (χ4v) is 3.60. The van der Waals surface area contributed by atoms with Crippen LogP contribution >= 0.6 is 23.1 Å². The Labute approximate surface area is 127 Å². The van der Waals surface area contributed by atoms with E-state index in [1.807, 2.05) is 24.5 Å². The minimum atomic E-state index is -0.893. The van der Waals surface area contributed by atoms with Crippen LogP contribution in [0.15, 0.2) is 29.2 Å². The standard InChI is InChI=1S/C15H17NO2S2/c1-9-7-11(20-10(9)2)8-16-12-5-4-6-13(19-3)14(12)15(17)18/h4-7,16H,8H2,1-3H3,(H,17,18). The number of aryl methyl sites for hydroxylation is 2. The molecule has 106 valence electrons. The molecular formula is C15H17NO2S2. The maximum absolute atomic E-state index is 11.4. The van der Waals surface area contributed by atoms with E-state index in [1.54, 1.807) is 11.3 Å². The van der Waals surface area contributed by atoms with Crippen molar-refractivity contribution >= 4 is 34.8 Å². The van der Waals surface area contributed by atoms with Crippen LogP contribution in [0.2, 0.25) is 0 Å². The molecule has 2 rings (SSSR count). The molecule has 1 heterocycles. The number of hydrogen-bond acceptors (Lipinski definition) is 4. The van der Waals surface area contributed by atoms with Gasteiger partial charge in [-0.25, -0.2) is 4.79 Å². The summed E-state index contributed by atoms with van der Waals surface area (Å²) in [5.41, 5.74) is 2.31. The van der Waals surface area contributed by atoms with Crippen molar-refractivity contribution in [3.8, 4) is 0 Å². The molecule has 0 atom stereocenters. The van der Waals surface area contributed by atoms with Gasteiger partial charge in [0.2, 0.25) is 0 Å². The van der Waals surface area contributed by atoms with Gasteiger partial charge in [0, 0.05) is 21.2 Å².